The Hall–Kier alpha value is -1.24. The van der Waals surface area contributed by atoms with E-state index in [0.29, 0.717) is 11.8 Å². The molecule has 0 radical (unpaired) electrons. The Balaban J connectivity index is 2.63. The summed E-state index contributed by atoms with van der Waals surface area (Å²) < 4.78 is 0. The van der Waals surface area contributed by atoms with Gasteiger partial charge in [0.15, 0.2) is 11.4 Å². The molecule has 5 nitrogen and oxygen atoms in total. The van der Waals surface area contributed by atoms with Crippen molar-refractivity contribution in [1.82, 2.24) is 4.98 Å². The van der Waals surface area contributed by atoms with Crippen LogP contribution in [0, 0.1) is 0 Å². The maximum Gasteiger partial charge on any atom is 0.185 e. The number of aromatic nitrogens is 1. The zero-order valence-corrected chi connectivity index (χ0v) is 10.1. The molecule has 2 atom stereocenters. The second-order valence-electron chi connectivity index (χ2n) is 3.45. The van der Waals surface area contributed by atoms with Crippen LogP contribution in [-0.4, -0.2) is 38.5 Å². The van der Waals surface area contributed by atoms with Crippen molar-refractivity contribution in [2.75, 3.05) is 5.75 Å². The highest BCUT2D eigenvalue weighted by molar-refractivity contribution is 8.13. The maximum absolute atomic E-state index is 10.7. The molecule has 0 amide bonds. The Morgan fingerprint density at radius 2 is 2.24 bits per heavy atom. The Morgan fingerprint density at radius 3 is 2.71 bits per heavy atom. The molecule has 1 aromatic heterocycles. The molecule has 0 bridgehead atoms. The average molecular weight is 255 g/mol. The number of nitrogens with zero attached hydrogens (tertiary/aromatic N) is 1. The van der Waals surface area contributed by atoms with Crippen LogP contribution in [0.5, 0.6) is 0 Å². The van der Waals surface area contributed by atoms with Crippen LogP contribution in [0.2, 0.25) is 0 Å². The standard InChI is InChI=1S/C11H13NO4S/c1-7(14)17-6-10(15)11(16)9-3-2-8(5-13)4-12-9/h2-5,10-11,15-16H,6H2,1H3. The quantitative estimate of drug-likeness (QED) is 0.748. The van der Waals surface area contributed by atoms with Crippen LogP contribution in [0.3, 0.4) is 0 Å². The number of thioether (sulfide) groups is 1. The van der Waals surface area contributed by atoms with Crippen molar-refractivity contribution >= 4 is 23.2 Å². The molecule has 1 rings (SSSR count). The van der Waals surface area contributed by atoms with E-state index in [1.165, 1.54) is 25.3 Å². The summed E-state index contributed by atoms with van der Waals surface area (Å²) in [5, 5.41) is 19.2. The molecule has 1 aromatic rings. The predicted molar refractivity (Wildman–Crippen MR) is 63.7 cm³/mol. The van der Waals surface area contributed by atoms with Gasteiger partial charge < -0.3 is 10.2 Å². The maximum atomic E-state index is 10.7. The Kier molecular flexibility index (Phi) is 5.27. The van der Waals surface area contributed by atoms with Gasteiger partial charge in [-0.2, -0.15) is 0 Å². The molecule has 2 N–H and O–H groups in total. The van der Waals surface area contributed by atoms with Crippen molar-refractivity contribution in [3.8, 4) is 0 Å². The largest absolute Gasteiger partial charge is 0.389 e. The molecule has 0 aliphatic rings. The average Bonchev–Trinajstić information content (AvgIpc) is 2.35. The lowest BCUT2D eigenvalue weighted by Crippen LogP contribution is -2.22. The van der Waals surface area contributed by atoms with E-state index >= 15 is 0 Å². The van der Waals surface area contributed by atoms with Crippen LogP contribution in [0.1, 0.15) is 29.1 Å². The molecule has 2 unspecified atom stereocenters. The lowest BCUT2D eigenvalue weighted by atomic mass is 10.1. The van der Waals surface area contributed by atoms with Gasteiger partial charge in [0.1, 0.15) is 6.10 Å². The van der Waals surface area contributed by atoms with Gasteiger partial charge in [-0.15, -0.1) is 0 Å². The van der Waals surface area contributed by atoms with E-state index in [-0.39, 0.29) is 16.6 Å². The highest BCUT2D eigenvalue weighted by Gasteiger charge is 2.20. The molecule has 0 fully saturated rings. The summed E-state index contributed by atoms with van der Waals surface area (Å²) in [4.78, 5) is 25.0. The van der Waals surface area contributed by atoms with Crippen molar-refractivity contribution in [2.24, 2.45) is 0 Å². The minimum Gasteiger partial charge on any atom is -0.389 e. The number of pyridine rings is 1. The summed E-state index contributed by atoms with van der Waals surface area (Å²) in [6.45, 7) is 1.39. The summed E-state index contributed by atoms with van der Waals surface area (Å²) in [6.07, 6.45) is -0.275. The SMILES string of the molecule is CC(=O)SCC(O)C(O)c1ccc(C=O)cn1. The third kappa shape index (κ3) is 4.26. The first kappa shape index (κ1) is 13.8. The molecular formula is C11H13NO4S. The minimum atomic E-state index is -1.16. The second kappa shape index (κ2) is 6.48. The van der Waals surface area contributed by atoms with Crippen LogP contribution >= 0.6 is 11.8 Å². The Morgan fingerprint density at radius 1 is 1.53 bits per heavy atom. The van der Waals surface area contributed by atoms with Crippen molar-refractivity contribution in [3.05, 3.63) is 29.6 Å². The molecule has 92 valence electrons. The topological polar surface area (TPSA) is 87.5 Å². The van der Waals surface area contributed by atoms with Gasteiger partial charge in [0.25, 0.3) is 0 Å². The number of hydrogen-bond donors (Lipinski definition) is 2. The van der Waals surface area contributed by atoms with E-state index in [1.54, 1.807) is 0 Å². The number of aliphatic hydroxyl groups excluding tert-OH is 2. The zero-order valence-electron chi connectivity index (χ0n) is 9.24. The fourth-order valence-electron chi connectivity index (χ4n) is 1.15. The molecule has 6 heteroatoms. The van der Waals surface area contributed by atoms with E-state index in [4.69, 9.17) is 0 Å². The van der Waals surface area contributed by atoms with E-state index < -0.39 is 12.2 Å². The predicted octanol–water partition coefficient (Wildman–Crippen LogP) is 0.568. The van der Waals surface area contributed by atoms with E-state index in [1.807, 2.05) is 0 Å². The molecule has 0 spiro atoms. The van der Waals surface area contributed by atoms with Crippen LogP contribution < -0.4 is 0 Å². The van der Waals surface area contributed by atoms with Gasteiger partial charge in [0.2, 0.25) is 0 Å². The molecule has 0 aliphatic heterocycles. The first-order valence-corrected chi connectivity index (χ1v) is 5.93. The van der Waals surface area contributed by atoms with Crippen molar-refractivity contribution in [2.45, 2.75) is 19.1 Å². The number of rotatable bonds is 5. The van der Waals surface area contributed by atoms with Crippen molar-refractivity contribution in [3.63, 3.8) is 0 Å². The lowest BCUT2D eigenvalue weighted by Gasteiger charge is -2.16. The number of carbonyl (C=O) groups is 2. The molecule has 0 saturated carbocycles. The molecule has 0 aromatic carbocycles. The zero-order chi connectivity index (χ0) is 12.8. The third-order valence-corrected chi connectivity index (χ3v) is 2.98. The number of aldehydes is 1. The fourth-order valence-corrected chi connectivity index (χ4v) is 1.74. The number of carbonyl (C=O) groups excluding carboxylic acids is 2. The fraction of sp³-hybridized carbons (Fsp3) is 0.364. The summed E-state index contributed by atoms with van der Waals surface area (Å²) in [6, 6.07) is 2.97. The number of aliphatic hydroxyl groups is 2. The van der Waals surface area contributed by atoms with Crippen molar-refractivity contribution in [1.29, 1.82) is 0 Å². The monoisotopic (exact) mass is 255 g/mol. The number of hydrogen-bond acceptors (Lipinski definition) is 6. The van der Waals surface area contributed by atoms with Gasteiger partial charge in [-0.3, -0.25) is 14.6 Å². The summed E-state index contributed by atoms with van der Waals surface area (Å²) in [7, 11) is 0. The Labute approximate surface area is 103 Å². The van der Waals surface area contributed by atoms with Crippen molar-refractivity contribution < 1.29 is 19.8 Å². The summed E-state index contributed by atoms with van der Waals surface area (Å²) in [5.74, 6) is 0.105. The first-order valence-electron chi connectivity index (χ1n) is 4.95. The second-order valence-corrected chi connectivity index (χ2v) is 4.65. The van der Waals surface area contributed by atoms with Gasteiger partial charge >= 0.3 is 0 Å². The van der Waals surface area contributed by atoms with Crippen LogP contribution in [0.25, 0.3) is 0 Å². The smallest absolute Gasteiger partial charge is 0.185 e. The normalized spacial score (nSPS) is 14.1. The molecule has 1 heterocycles. The van der Waals surface area contributed by atoms with Crippen LogP contribution in [0.15, 0.2) is 18.3 Å². The van der Waals surface area contributed by atoms with Gasteiger partial charge in [0.05, 0.1) is 11.8 Å². The van der Waals surface area contributed by atoms with E-state index in [0.717, 1.165) is 11.8 Å². The molecule has 17 heavy (non-hydrogen) atoms. The highest BCUT2D eigenvalue weighted by Crippen LogP contribution is 2.18. The highest BCUT2D eigenvalue weighted by atomic mass is 32.2. The summed E-state index contributed by atoms with van der Waals surface area (Å²) >= 11 is 0.937. The minimum absolute atomic E-state index is 0.105. The molecular weight excluding hydrogens is 242 g/mol. The van der Waals surface area contributed by atoms with Gasteiger partial charge in [0, 0.05) is 24.4 Å². The van der Waals surface area contributed by atoms with Crippen LogP contribution in [0.4, 0.5) is 0 Å². The van der Waals surface area contributed by atoms with E-state index in [2.05, 4.69) is 4.98 Å². The van der Waals surface area contributed by atoms with Gasteiger partial charge in [-0.25, -0.2) is 0 Å². The lowest BCUT2D eigenvalue weighted by molar-refractivity contribution is -0.109. The first-order chi connectivity index (χ1) is 8.04. The van der Waals surface area contributed by atoms with Gasteiger partial charge in [-0.05, 0) is 12.1 Å². The van der Waals surface area contributed by atoms with Gasteiger partial charge in [-0.1, -0.05) is 11.8 Å². The van der Waals surface area contributed by atoms with E-state index in [9.17, 15) is 19.8 Å². The third-order valence-electron chi connectivity index (χ3n) is 2.07. The van der Waals surface area contributed by atoms with Crippen LogP contribution in [-0.2, 0) is 4.79 Å². The molecule has 0 saturated heterocycles. The Bertz CT molecular complexity index is 393. The molecule has 0 aliphatic carbocycles. The summed E-state index contributed by atoms with van der Waals surface area (Å²) in [5.41, 5.74) is 0.667.